The molecule has 29 heavy (non-hydrogen) atoms. The van der Waals surface area contributed by atoms with Crippen molar-refractivity contribution in [3.05, 3.63) is 60.0 Å². The summed E-state index contributed by atoms with van der Waals surface area (Å²) < 4.78 is 24.5. The number of aromatic nitrogens is 1. The summed E-state index contributed by atoms with van der Waals surface area (Å²) in [5.74, 6) is -0.898. The van der Waals surface area contributed by atoms with Gasteiger partial charge in [-0.15, -0.1) is 0 Å². The molecule has 7 heteroatoms. The first-order valence-electron chi connectivity index (χ1n) is 9.61. The molecule has 0 amide bonds. The average Bonchev–Trinajstić information content (AvgIpc) is 2.75. The molecular weight excluding hydrogens is 373 g/mol. The van der Waals surface area contributed by atoms with Crippen LogP contribution in [0.3, 0.4) is 0 Å². The third-order valence-electron chi connectivity index (χ3n) is 4.84. The van der Waals surface area contributed by atoms with E-state index in [4.69, 9.17) is 9.47 Å². The van der Waals surface area contributed by atoms with Crippen LogP contribution in [0, 0.1) is 5.82 Å². The van der Waals surface area contributed by atoms with Gasteiger partial charge in [0.15, 0.2) is 0 Å². The molecule has 0 spiro atoms. The molecule has 0 aliphatic carbocycles. The van der Waals surface area contributed by atoms with Gasteiger partial charge in [-0.25, -0.2) is 9.18 Å². The number of esters is 1. The number of hydrogen-bond donors (Lipinski definition) is 1. The van der Waals surface area contributed by atoms with Gasteiger partial charge in [0.1, 0.15) is 11.4 Å². The van der Waals surface area contributed by atoms with Crippen molar-refractivity contribution in [2.24, 2.45) is 0 Å². The van der Waals surface area contributed by atoms with Gasteiger partial charge in [-0.05, 0) is 49.4 Å². The number of carbonyl (C=O) groups excluding carboxylic acids is 1. The summed E-state index contributed by atoms with van der Waals surface area (Å²) >= 11 is 0. The molecule has 1 N–H and O–H groups in total. The lowest BCUT2D eigenvalue weighted by atomic mass is 10.1. The number of pyridine rings is 1. The number of nitrogens with one attached hydrogen (secondary N) is 1. The molecule has 3 aromatic rings. The quantitative estimate of drug-likeness (QED) is 0.656. The molecule has 4 rings (SSSR count). The molecule has 1 aromatic heterocycles. The molecule has 2 aromatic carbocycles. The van der Waals surface area contributed by atoms with Gasteiger partial charge in [-0.2, -0.15) is 0 Å². The fraction of sp³-hybridized carbons (Fsp3) is 0.273. The predicted molar refractivity (Wildman–Crippen MR) is 110 cm³/mol. The molecule has 1 fully saturated rings. The van der Waals surface area contributed by atoms with E-state index in [1.54, 1.807) is 13.0 Å². The number of benzene rings is 2. The second-order valence-corrected chi connectivity index (χ2v) is 6.70. The number of fused-ring (bicyclic) bond motifs is 1. The Balaban J connectivity index is 1.69. The smallest absolute Gasteiger partial charge is 0.341 e. The van der Waals surface area contributed by atoms with Crippen molar-refractivity contribution in [3.8, 4) is 0 Å². The highest BCUT2D eigenvalue weighted by molar-refractivity contribution is 6.06. The van der Waals surface area contributed by atoms with Crippen molar-refractivity contribution >= 4 is 33.9 Å². The zero-order chi connectivity index (χ0) is 20.2. The second kappa shape index (κ2) is 8.45. The average molecular weight is 395 g/mol. The number of nitrogens with zero attached hydrogens (tertiary/aromatic N) is 2. The molecule has 1 aliphatic rings. The molecule has 0 saturated carbocycles. The van der Waals surface area contributed by atoms with Crippen LogP contribution in [0.1, 0.15) is 17.3 Å². The van der Waals surface area contributed by atoms with Crippen molar-refractivity contribution in [2.75, 3.05) is 43.1 Å². The summed E-state index contributed by atoms with van der Waals surface area (Å²) in [5.41, 5.74) is 3.22. The molecular formula is C22H22FN3O3. The summed E-state index contributed by atoms with van der Waals surface area (Å²) in [6.45, 7) is 5.13. The Morgan fingerprint density at radius 1 is 1.21 bits per heavy atom. The van der Waals surface area contributed by atoms with Crippen LogP contribution in [0.15, 0.2) is 48.7 Å². The van der Waals surface area contributed by atoms with Crippen LogP contribution in [-0.2, 0) is 9.47 Å². The van der Waals surface area contributed by atoms with Crippen molar-refractivity contribution in [3.63, 3.8) is 0 Å². The van der Waals surface area contributed by atoms with Crippen LogP contribution < -0.4 is 10.2 Å². The van der Waals surface area contributed by atoms with E-state index in [1.165, 1.54) is 18.3 Å². The Kier molecular flexibility index (Phi) is 5.57. The number of morpholine rings is 1. The zero-order valence-electron chi connectivity index (χ0n) is 16.2. The topological polar surface area (TPSA) is 63.7 Å². The summed E-state index contributed by atoms with van der Waals surface area (Å²) in [5, 5.41) is 3.78. The molecule has 0 unspecified atom stereocenters. The third-order valence-corrected chi connectivity index (χ3v) is 4.84. The van der Waals surface area contributed by atoms with Crippen molar-refractivity contribution < 1.29 is 18.7 Å². The summed E-state index contributed by atoms with van der Waals surface area (Å²) in [6, 6.07) is 12.2. The molecule has 0 bridgehead atoms. The van der Waals surface area contributed by atoms with E-state index in [0.29, 0.717) is 16.6 Å². The monoisotopic (exact) mass is 395 g/mol. The van der Waals surface area contributed by atoms with Gasteiger partial charge in [0, 0.05) is 36.0 Å². The van der Waals surface area contributed by atoms with Crippen LogP contribution >= 0.6 is 0 Å². The Morgan fingerprint density at radius 2 is 1.97 bits per heavy atom. The SMILES string of the molecule is CCOC(=O)c1cnc2ccc(F)cc2c1Nc1ccc(N2CCOCC2)cc1. The van der Waals surface area contributed by atoms with Gasteiger partial charge in [0.05, 0.1) is 31.0 Å². The Hall–Kier alpha value is -3.19. The predicted octanol–water partition coefficient (Wildman–Crippen LogP) is 4.13. The van der Waals surface area contributed by atoms with E-state index in [2.05, 4.69) is 15.2 Å². The molecule has 1 saturated heterocycles. The lowest BCUT2D eigenvalue weighted by Gasteiger charge is -2.29. The highest BCUT2D eigenvalue weighted by Gasteiger charge is 2.18. The van der Waals surface area contributed by atoms with Gasteiger partial charge >= 0.3 is 5.97 Å². The first kappa shape index (κ1) is 19.1. The van der Waals surface area contributed by atoms with Crippen LogP contribution in [0.25, 0.3) is 10.9 Å². The minimum atomic E-state index is -0.501. The van der Waals surface area contributed by atoms with Gasteiger partial charge in [0.2, 0.25) is 0 Å². The Labute approximate surface area is 168 Å². The number of ether oxygens (including phenoxy) is 2. The van der Waals surface area contributed by atoms with Crippen LogP contribution in [0.2, 0.25) is 0 Å². The maximum atomic E-state index is 13.9. The number of halogens is 1. The minimum absolute atomic E-state index is 0.244. The number of rotatable bonds is 5. The summed E-state index contributed by atoms with van der Waals surface area (Å²) in [6.07, 6.45) is 1.46. The Bertz CT molecular complexity index is 1020. The molecule has 1 aliphatic heterocycles. The molecule has 0 atom stereocenters. The first-order chi connectivity index (χ1) is 14.2. The lowest BCUT2D eigenvalue weighted by molar-refractivity contribution is 0.0527. The second-order valence-electron chi connectivity index (χ2n) is 6.70. The lowest BCUT2D eigenvalue weighted by Crippen LogP contribution is -2.36. The van der Waals surface area contributed by atoms with E-state index in [0.717, 1.165) is 37.7 Å². The van der Waals surface area contributed by atoms with Crippen LogP contribution in [-0.4, -0.2) is 43.9 Å². The molecule has 0 radical (unpaired) electrons. The van der Waals surface area contributed by atoms with E-state index >= 15 is 0 Å². The number of carbonyl (C=O) groups is 1. The molecule has 150 valence electrons. The van der Waals surface area contributed by atoms with E-state index in [-0.39, 0.29) is 12.2 Å². The number of anilines is 3. The summed E-state index contributed by atoms with van der Waals surface area (Å²) in [4.78, 5) is 19.0. The van der Waals surface area contributed by atoms with Gasteiger partial charge in [0.25, 0.3) is 0 Å². The number of hydrogen-bond acceptors (Lipinski definition) is 6. The molecule has 2 heterocycles. The van der Waals surface area contributed by atoms with E-state index in [9.17, 15) is 9.18 Å². The third kappa shape index (κ3) is 4.14. The van der Waals surface area contributed by atoms with Gasteiger partial charge < -0.3 is 19.7 Å². The highest BCUT2D eigenvalue weighted by Crippen LogP contribution is 2.31. The fourth-order valence-corrected chi connectivity index (χ4v) is 3.38. The Morgan fingerprint density at radius 3 is 2.69 bits per heavy atom. The van der Waals surface area contributed by atoms with Crippen molar-refractivity contribution in [1.82, 2.24) is 4.98 Å². The maximum absolute atomic E-state index is 13.9. The molecule has 6 nitrogen and oxygen atoms in total. The maximum Gasteiger partial charge on any atom is 0.341 e. The van der Waals surface area contributed by atoms with Crippen LogP contribution in [0.5, 0.6) is 0 Å². The van der Waals surface area contributed by atoms with Crippen molar-refractivity contribution in [2.45, 2.75) is 6.92 Å². The minimum Gasteiger partial charge on any atom is -0.462 e. The zero-order valence-corrected chi connectivity index (χ0v) is 16.2. The van der Waals surface area contributed by atoms with E-state index in [1.807, 2.05) is 24.3 Å². The van der Waals surface area contributed by atoms with Gasteiger partial charge in [-0.3, -0.25) is 4.98 Å². The fourth-order valence-electron chi connectivity index (χ4n) is 3.38. The van der Waals surface area contributed by atoms with E-state index < -0.39 is 11.8 Å². The highest BCUT2D eigenvalue weighted by atomic mass is 19.1. The first-order valence-corrected chi connectivity index (χ1v) is 9.61. The van der Waals surface area contributed by atoms with Gasteiger partial charge in [-0.1, -0.05) is 0 Å². The summed E-state index contributed by atoms with van der Waals surface area (Å²) in [7, 11) is 0. The standard InChI is InChI=1S/C22H22FN3O3/c1-2-29-22(27)19-14-24-20-8-3-15(23)13-18(20)21(19)25-16-4-6-17(7-5-16)26-9-11-28-12-10-26/h3-8,13-14H,2,9-12H2,1H3,(H,24,25). The van der Waals surface area contributed by atoms with Crippen LogP contribution in [0.4, 0.5) is 21.5 Å². The normalized spacial score (nSPS) is 14.1. The van der Waals surface area contributed by atoms with Crippen molar-refractivity contribution in [1.29, 1.82) is 0 Å². The largest absolute Gasteiger partial charge is 0.462 e.